The molecular formula is C14H25IN6O2S. The number of aliphatic imine (C=N–C) groups is 1. The molecule has 1 saturated heterocycles. The van der Waals surface area contributed by atoms with E-state index in [-0.39, 0.29) is 34.4 Å². The fraction of sp³-hybridized carbons (Fsp3) is 0.714. The molecule has 0 bridgehead atoms. The van der Waals surface area contributed by atoms with Gasteiger partial charge >= 0.3 is 5.69 Å². The fourth-order valence-electron chi connectivity index (χ4n) is 2.41. The van der Waals surface area contributed by atoms with E-state index < -0.39 is 4.92 Å². The van der Waals surface area contributed by atoms with E-state index in [2.05, 4.69) is 27.6 Å². The first-order valence-corrected chi connectivity index (χ1v) is 8.84. The minimum absolute atomic E-state index is 0. The van der Waals surface area contributed by atoms with Gasteiger partial charge < -0.3 is 10.6 Å². The van der Waals surface area contributed by atoms with Crippen LogP contribution in [0.15, 0.2) is 17.4 Å². The van der Waals surface area contributed by atoms with E-state index in [1.807, 2.05) is 18.7 Å². The predicted octanol–water partition coefficient (Wildman–Crippen LogP) is 2.25. The number of rotatable bonds is 7. The molecule has 1 unspecified atom stereocenters. The number of aromatic nitrogens is 2. The van der Waals surface area contributed by atoms with Crippen molar-refractivity contribution in [3.63, 3.8) is 0 Å². The molecule has 0 radical (unpaired) electrons. The first-order chi connectivity index (χ1) is 11.0. The zero-order valence-corrected chi connectivity index (χ0v) is 17.2. The number of nitro groups is 1. The minimum atomic E-state index is -0.442. The lowest BCUT2D eigenvalue weighted by Gasteiger charge is -2.21. The molecule has 8 nitrogen and oxygen atoms in total. The van der Waals surface area contributed by atoms with Crippen LogP contribution in [-0.4, -0.2) is 50.8 Å². The molecule has 0 saturated carbocycles. The maximum absolute atomic E-state index is 10.6. The van der Waals surface area contributed by atoms with Crippen molar-refractivity contribution in [2.24, 2.45) is 4.99 Å². The molecule has 10 heteroatoms. The van der Waals surface area contributed by atoms with Crippen molar-refractivity contribution in [1.82, 2.24) is 20.4 Å². The summed E-state index contributed by atoms with van der Waals surface area (Å²) in [7, 11) is 0. The summed E-state index contributed by atoms with van der Waals surface area (Å²) in [4.78, 5) is 14.9. The largest absolute Gasteiger partial charge is 0.357 e. The summed E-state index contributed by atoms with van der Waals surface area (Å²) >= 11 is 1.99. The Morgan fingerprint density at radius 3 is 2.96 bits per heavy atom. The van der Waals surface area contributed by atoms with Gasteiger partial charge in [0.05, 0.1) is 18.0 Å². The number of thioether (sulfide) groups is 1. The number of halogens is 1. The maximum Gasteiger partial charge on any atom is 0.306 e. The van der Waals surface area contributed by atoms with Gasteiger partial charge in [-0.05, 0) is 32.4 Å². The van der Waals surface area contributed by atoms with Crippen molar-refractivity contribution in [3.05, 3.63) is 22.5 Å². The van der Waals surface area contributed by atoms with E-state index in [1.165, 1.54) is 31.0 Å². The monoisotopic (exact) mass is 468 g/mol. The highest BCUT2D eigenvalue weighted by molar-refractivity contribution is 14.0. The number of guanidine groups is 1. The van der Waals surface area contributed by atoms with Gasteiger partial charge in [0.15, 0.2) is 5.96 Å². The van der Waals surface area contributed by atoms with Crippen molar-refractivity contribution < 1.29 is 4.92 Å². The Balaban J connectivity index is 0.00000288. The van der Waals surface area contributed by atoms with Crippen LogP contribution in [0, 0.1) is 10.1 Å². The Morgan fingerprint density at radius 2 is 2.38 bits per heavy atom. The van der Waals surface area contributed by atoms with Gasteiger partial charge in [0, 0.05) is 17.8 Å². The van der Waals surface area contributed by atoms with Crippen LogP contribution in [0.1, 0.15) is 26.7 Å². The molecule has 24 heavy (non-hydrogen) atoms. The van der Waals surface area contributed by atoms with E-state index in [0.717, 1.165) is 19.0 Å². The van der Waals surface area contributed by atoms with Gasteiger partial charge in [-0.15, -0.1) is 24.0 Å². The first-order valence-electron chi connectivity index (χ1n) is 7.85. The second-order valence-corrected chi connectivity index (χ2v) is 7.43. The summed E-state index contributed by atoms with van der Waals surface area (Å²) in [5, 5.41) is 21.1. The summed E-state index contributed by atoms with van der Waals surface area (Å²) in [5.74, 6) is 2.00. The first kappa shape index (κ1) is 21.0. The molecule has 1 aromatic heterocycles. The quantitative estimate of drug-likeness (QED) is 0.210. The molecule has 1 fully saturated rings. The highest BCUT2D eigenvalue weighted by atomic mass is 127. The Morgan fingerprint density at radius 1 is 1.58 bits per heavy atom. The SMILES string of the molecule is CCNC(=NCC1(C)CCCS1)NCCn1cc([N+](=O)[O-])cn1.I. The molecule has 1 aromatic rings. The van der Waals surface area contributed by atoms with Crippen molar-refractivity contribution in [2.75, 3.05) is 25.4 Å². The number of nitrogens with one attached hydrogen (secondary N) is 2. The fourth-order valence-corrected chi connectivity index (χ4v) is 3.63. The topological polar surface area (TPSA) is 97.4 Å². The van der Waals surface area contributed by atoms with Gasteiger partial charge in [0.25, 0.3) is 0 Å². The molecule has 0 aliphatic carbocycles. The number of hydrogen-bond donors (Lipinski definition) is 2. The smallest absolute Gasteiger partial charge is 0.306 e. The Bertz CT molecular complexity index is 559. The van der Waals surface area contributed by atoms with Crippen molar-refractivity contribution in [3.8, 4) is 0 Å². The lowest BCUT2D eigenvalue weighted by Crippen LogP contribution is -2.40. The Hall–Kier alpha value is -1.04. The van der Waals surface area contributed by atoms with E-state index in [0.29, 0.717) is 13.1 Å². The minimum Gasteiger partial charge on any atom is -0.357 e. The predicted molar refractivity (Wildman–Crippen MR) is 108 cm³/mol. The Kier molecular flexibility index (Phi) is 8.81. The molecule has 1 aliphatic rings. The molecule has 1 atom stereocenters. The molecule has 2 rings (SSSR count). The van der Waals surface area contributed by atoms with E-state index in [4.69, 9.17) is 0 Å². The van der Waals surface area contributed by atoms with E-state index in [9.17, 15) is 10.1 Å². The standard InChI is InChI=1S/C14H24N6O2S.HI/c1-3-15-13(17-11-14(2)5-4-8-23-14)16-6-7-19-10-12(9-18-19)20(21)22;/h9-10H,3-8,11H2,1-2H3,(H2,15,16,17);1H. The maximum atomic E-state index is 10.6. The molecule has 136 valence electrons. The van der Waals surface area contributed by atoms with Crippen molar-refractivity contribution >= 4 is 47.4 Å². The van der Waals surface area contributed by atoms with Gasteiger partial charge in [-0.2, -0.15) is 16.9 Å². The number of nitrogens with zero attached hydrogens (tertiary/aromatic N) is 4. The summed E-state index contributed by atoms with van der Waals surface area (Å²) in [5.41, 5.74) is 0.0109. The normalized spacial score (nSPS) is 20.5. The highest BCUT2D eigenvalue weighted by Gasteiger charge is 2.29. The average molecular weight is 468 g/mol. The van der Waals surface area contributed by atoms with E-state index in [1.54, 1.807) is 4.68 Å². The lowest BCUT2D eigenvalue weighted by molar-refractivity contribution is -0.385. The zero-order valence-electron chi connectivity index (χ0n) is 14.0. The summed E-state index contributed by atoms with van der Waals surface area (Å²) in [6.45, 7) is 7.03. The van der Waals surface area contributed by atoms with Gasteiger partial charge in [-0.3, -0.25) is 19.8 Å². The molecule has 0 spiro atoms. The molecule has 2 heterocycles. The third-order valence-electron chi connectivity index (χ3n) is 3.68. The van der Waals surface area contributed by atoms with Gasteiger partial charge in [0.2, 0.25) is 0 Å². The van der Waals surface area contributed by atoms with Gasteiger partial charge in [-0.1, -0.05) is 0 Å². The molecular weight excluding hydrogens is 443 g/mol. The van der Waals surface area contributed by atoms with Crippen molar-refractivity contribution in [1.29, 1.82) is 0 Å². The zero-order chi connectivity index (χ0) is 16.7. The van der Waals surface area contributed by atoms with Crippen LogP contribution in [-0.2, 0) is 6.54 Å². The van der Waals surface area contributed by atoms with Crippen LogP contribution < -0.4 is 10.6 Å². The third-order valence-corrected chi connectivity index (χ3v) is 5.20. The van der Waals surface area contributed by atoms with Crippen LogP contribution in [0.5, 0.6) is 0 Å². The second-order valence-electron chi connectivity index (χ2n) is 5.74. The molecule has 2 N–H and O–H groups in total. The van der Waals surface area contributed by atoms with Crippen LogP contribution in [0.2, 0.25) is 0 Å². The average Bonchev–Trinajstić information content (AvgIpc) is 3.15. The summed E-state index contributed by atoms with van der Waals surface area (Å²) in [6, 6.07) is 0. The van der Waals surface area contributed by atoms with Crippen LogP contribution >= 0.6 is 35.7 Å². The molecule has 1 aliphatic heterocycles. The highest BCUT2D eigenvalue weighted by Crippen LogP contribution is 2.37. The number of hydrogen-bond acceptors (Lipinski definition) is 5. The van der Waals surface area contributed by atoms with Crippen LogP contribution in [0.3, 0.4) is 0 Å². The third kappa shape index (κ3) is 6.46. The molecule has 0 amide bonds. The lowest BCUT2D eigenvalue weighted by atomic mass is 10.1. The van der Waals surface area contributed by atoms with Gasteiger partial charge in [-0.25, -0.2) is 0 Å². The van der Waals surface area contributed by atoms with Crippen LogP contribution in [0.25, 0.3) is 0 Å². The second kappa shape index (κ2) is 10.1. The van der Waals surface area contributed by atoms with E-state index >= 15 is 0 Å². The summed E-state index contributed by atoms with van der Waals surface area (Å²) < 4.78 is 1.80. The summed E-state index contributed by atoms with van der Waals surface area (Å²) in [6.07, 6.45) is 5.16. The van der Waals surface area contributed by atoms with Crippen LogP contribution in [0.4, 0.5) is 5.69 Å². The van der Waals surface area contributed by atoms with Crippen molar-refractivity contribution in [2.45, 2.75) is 38.0 Å². The Labute approximate surface area is 163 Å². The molecule has 0 aromatic carbocycles. The van der Waals surface area contributed by atoms with Gasteiger partial charge in [0.1, 0.15) is 12.4 Å².